The van der Waals surface area contributed by atoms with Crippen LogP contribution in [0.4, 0.5) is 0 Å². The number of nitrogens with zero attached hydrogens (tertiary/aromatic N) is 1. The molecule has 21 heavy (non-hydrogen) atoms. The standard InChI is InChI=1S/C16H21ClN2S2/c1-4-5-18-11-7-16(2,3)8-12-14(11)21-15(19-12)13-6-10(17)9-20-13/h6,9,11,18H,4-5,7-8H2,1-3H3. The molecule has 1 aliphatic carbocycles. The highest BCUT2D eigenvalue weighted by atomic mass is 35.5. The first-order chi connectivity index (χ1) is 9.98. The third-order valence-electron chi connectivity index (χ3n) is 3.87. The first kappa shape index (κ1) is 15.5. The van der Waals surface area contributed by atoms with Gasteiger partial charge in [0.2, 0.25) is 0 Å². The highest BCUT2D eigenvalue weighted by Gasteiger charge is 2.34. The molecule has 1 N–H and O–H groups in total. The van der Waals surface area contributed by atoms with Crippen LogP contribution in [0.1, 0.15) is 50.2 Å². The molecule has 0 bridgehead atoms. The molecule has 2 aromatic heterocycles. The van der Waals surface area contributed by atoms with Crippen molar-refractivity contribution in [3.05, 3.63) is 27.0 Å². The van der Waals surface area contributed by atoms with Crippen molar-refractivity contribution in [1.29, 1.82) is 0 Å². The molecule has 0 aliphatic heterocycles. The Morgan fingerprint density at radius 3 is 2.95 bits per heavy atom. The highest BCUT2D eigenvalue weighted by molar-refractivity contribution is 7.21. The summed E-state index contributed by atoms with van der Waals surface area (Å²) in [6, 6.07) is 2.47. The van der Waals surface area contributed by atoms with Gasteiger partial charge in [0.1, 0.15) is 5.01 Å². The van der Waals surface area contributed by atoms with Crippen LogP contribution in [0.3, 0.4) is 0 Å². The van der Waals surface area contributed by atoms with Crippen molar-refractivity contribution in [1.82, 2.24) is 10.3 Å². The van der Waals surface area contributed by atoms with Crippen molar-refractivity contribution in [3.63, 3.8) is 0 Å². The summed E-state index contributed by atoms with van der Waals surface area (Å²) in [7, 11) is 0. The van der Waals surface area contributed by atoms with Crippen LogP contribution in [-0.2, 0) is 6.42 Å². The number of rotatable bonds is 4. The second kappa shape index (κ2) is 5.99. The molecule has 2 nitrogen and oxygen atoms in total. The molecule has 1 atom stereocenters. The van der Waals surface area contributed by atoms with Crippen LogP contribution in [0, 0.1) is 5.41 Å². The summed E-state index contributed by atoms with van der Waals surface area (Å²) in [5.74, 6) is 0. The number of thiazole rings is 1. The SMILES string of the molecule is CCCNC1CC(C)(C)Cc2nc(-c3cc(Cl)cs3)sc21. The second-order valence-corrected chi connectivity index (χ2v) is 8.89. The third-order valence-corrected chi connectivity index (χ3v) is 6.52. The molecule has 1 aliphatic rings. The van der Waals surface area contributed by atoms with E-state index in [1.165, 1.54) is 28.3 Å². The van der Waals surface area contributed by atoms with Crippen molar-refractivity contribution in [2.24, 2.45) is 5.41 Å². The van der Waals surface area contributed by atoms with Gasteiger partial charge in [0.15, 0.2) is 0 Å². The Balaban J connectivity index is 1.94. The maximum absolute atomic E-state index is 6.05. The molecular formula is C16H21ClN2S2. The first-order valence-electron chi connectivity index (χ1n) is 7.46. The molecule has 2 heterocycles. The van der Waals surface area contributed by atoms with Crippen molar-refractivity contribution >= 4 is 34.3 Å². The zero-order valence-electron chi connectivity index (χ0n) is 12.7. The van der Waals surface area contributed by atoms with Gasteiger partial charge in [-0.3, -0.25) is 0 Å². The van der Waals surface area contributed by atoms with Gasteiger partial charge in [0, 0.05) is 16.3 Å². The lowest BCUT2D eigenvalue weighted by molar-refractivity contribution is 0.258. The summed E-state index contributed by atoms with van der Waals surface area (Å²) in [6.45, 7) is 7.97. The van der Waals surface area contributed by atoms with Crippen molar-refractivity contribution in [3.8, 4) is 9.88 Å². The largest absolute Gasteiger partial charge is 0.309 e. The van der Waals surface area contributed by atoms with Crippen LogP contribution in [0.15, 0.2) is 11.4 Å². The van der Waals surface area contributed by atoms with Gasteiger partial charge in [0.05, 0.1) is 15.6 Å². The number of thiophene rings is 1. The molecule has 114 valence electrons. The minimum atomic E-state index is 0.316. The Hall–Kier alpha value is -0.420. The quantitative estimate of drug-likeness (QED) is 0.790. The van der Waals surface area contributed by atoms with Crippen LogP contribution in [0.5, 0.6) is 0 Å². The average molecular weight is 341 g/mol. The lowest BCUT2D eigenvalue weighted by atomic mass is 9.76. The van der Waals surface area contributed by atoms with Crippen LogP contribution in [0.25, 0.3) is 9.88 Å². The smallest absolute Gasteiger partial charge is 0.134 e. The Morgan fingerprint density at radius 1 is 1.48 bits per heavy atom. The number of halogens is 1. The van der Waals surface area contributed by atoms with Crippen LogP contribution in [0.2, 0.25) is 5.02 Å². The van der Waals surface area contributed by atoms with E-state index >= 15 is 0 Å². The minimum absolute atomic E-state index is 0.316. The van der Waals surface area contributed by atoms with Gasteiger partial charge < -0.3 is 5.32 Å². The molecule has 0 amide bonds. The summed E-state index contributed by atoms with van der Waals surface area (Å²) < 4.78 is 0. The minimum Gasteiger partial charge on any atom is -0.309 e. The van der Waals surface area contributed by atoms with E-state index in [0.717, 1.165) is 23.0 Å². The molecular weight excluding hydrogens is 320 g/mol. The topological polar surface area (TPSA) is 24.9 Å². The summed E-state index contributed by atoms with van der Waals surface area (Å²) >= 11 is 9.57. The lowest BCUT2D eigenvalue weighted by Crippen LogP contribution is -2.33. The summed E-state index contributed by atoms with van der Waals surface area (Å²) in [5, 5.41) is 7.61. The monoisotopic (exact) mass is 340 g/mol. The van der Waals surface area contributed by atoms with E-state index in [9.17, 15) is 0 Å². The Morgan fingerprint density at radius 2 is 2.29 bits per heavy atom. The molecule has 0 saturated heterocycles. The molecule has 0 fully saturated rings. The molecule has 1 unspecified atom stereocenters. The second-order valence-electron chi connectivity index (χ2n) is 6.51. The first-order valence-corrected chi connectivity index (χ1v) is 9.53. The number of aromatic nitrogens is 1. The number of hydrogen-bond donors (Lipinski definition) is 1. The van der Waals surface area contributed by atoms with E-state index in [0.29, 0.717) is 11.5 Å². The van der Waals surface area contributed by atoms with Gasteiger partial charge in [-0.2, -0.15) is 0 Å². The number of fused-ring (bicyclic) bond motifs is 1. The fourth-order valence-electron chi connectivity index (χ4n) is 2.95. The van der Waals surface area contributed by atoms with E-state index in [-0.39, 0.29) is 0 Å². The molecule has 2 aromatic rings. The summed E-state index contributed by atoms with van der Waals surface area (Å²) in [6.07, 6.45) is 3.42. The van der Waals surface area contributed by atoms with Crippen LogP contribution in [-0.4, -0.2) is 11.5 Å². The van der Waals surface area contributed by atoms with Gasteiger partial charge in [-0.05, 0) is 37.3 Å². The molecule has 0 aromatic carbocycles. The average Bonchev–Trinajstić information content (AvgIpc) is 3.00. The van der Waals surface area contributed by atoms with E-state index < -0.39 is 0 Å². The summed E-state index contributed by atoms with van der Waals surface area (Å²) in [4.78, 5) is 7.54. The fourth-order valence-corrected chi connectivity index (χ4v) is 5.24. The fraction of sp³-hybridized carbons (Fsp3) is 0.562. The van der Waals surface area contributed by atoms with Gasteiger partial charge in [0.25, 0.3) is 0 Å². The molecule has 5 heteroatoms. The Labute approximate surface area is 139 Å². The summed E-state index contributed by atoms with van der Waals surface area (Å²) in [5.41, 5.74) is 1.60. The zero-order valence-corrected chi connectivity index (χ0v) is 15.1. The maximum atomic E-state index is 6.05. The lowest BCUT2D eigenvalue weighted by Gasteiger charge is -2.34. The number of hydrogen-bond acceptors (Lipinski definition) is 4. The van der Waals surface area contributed by atoms with Crippen LogP contribution >= 0.6 is 34.3 Å². The van der Waals surface area contributed by atoms with Crippen LogP contribution < -0.4 is 5.32 Å². The molecule has 0 saturated carbocycles. The zero-order chi connectivity index (χ0) is 15.0. The Bertz CT molecular complexity index is 630. The van der Waals surface area contributed by atoms with Crippen molar-refractivity contribution in [2.75, 3.05) is 6.54 Å². The van der Waals surface area contributed by atoms with Crippen molar-refractivity contribution in [2.45, 2.75) is 46.1 Å². The molecule has 3 rings (SSSR count). The van der Waals surface area contributed by atoms with E-state index in [2.05, 4.69) is 26.1 Å². The van der Waals surface area contributed by atoms with E-state index in [1.807, 2.05) is 22.8 Å². The van der Waals surface area contributed by atoms with Crippen molar-refractivity contribution < 1.29 is 0 Å². The Kier molecular flexibility index (Phi) is 4.42. The van der Waals surface area contributed by atoms with Gasteiger partial charge in [-0.25, -0.2) is 4.98 Å². The predicted molar refractivity (Wildman–Crippen MR) is 93.6 cm³/mol. The predicted octanol–water partition coefficient (Wildman–Crippen LogP) is 5.54. The van der Waals surface area contributed by atoms with Gasteiger partial charge >= 0.3 is 0 Å². The molecule has 0 spiro atoms. The van der Waals surface area contributed by atoms with Gasteiger partial charge in [-0.15, -0.1) is 22.7 Å². The highest BCUT2D eigenvalue weighted by Crippen LogP contribution is 2.45. The molecule has 0 radical (unpaired) electrons. The van der Waals surface area contributed by atoms with Gasteiger partial charge in [-0.1, -0.05) is 32.4 Å². The van der Waals surface area contributed by atoms with E-state index in [4.69, 9.17) is 16.6 Å². The normalized spacial score (nSPS) is 20.5. The third kappa shape index (κ3) is 3.34. The maximum Gasteiger partial charge on any atom is 0.134 e. The number of nitrogens with one attached hydrogen (secondary N) is 1. The van der Waals surface area contributed by atoms with E-state index in [1.54, 1.807) is 11.3 Å².